The highest BCUT2D eigenvalue weighted by Gasteiger charge is 2.48. The fourth-order valence-corrected chi connectivity index (χ4v) is 6.38. The number of hydrogen-bond acceptors (Lipinski definition) is 8. The molecule has 324 valence electrons. The quantitative estimate of drug-likeness (QED) is 0.234. The van der Waals surface area contributed by atoms with Gasteiger partial charge in [-0.2, -0.15) is 0 Å². The summed E-state index contributed by atoms with van der Waals surface area (Å²) in [6.45, 7) is 14.7. The number of anilines is 1. The Morgan fingerprint density at radius 2 is 1.44 bits per heavy atom. The largest absolute Gasteiger partial charge is 0.444 e. The Kier molecular flexibility index (Phi) is 23.4. The summed E-state index contributed by atoms with van der Waals surface area (Å²) in [6.07, 6.45) is 2.81. The number of para-hydroxylation sites is 1. The Bertz CT molecular complexity index is 1710. The smallest absolute Gasteiger partial charge is 0.410 e. The molecule has 2 heterocycles. The van der Waals surface area contributed by atoms with Gasteiger partial charge >= 0.3 is 6.09 Å². The van der Waals surface area contributed by atoms with E-state index in [2.05, 4.69) is 35.2 Å². The van der Waals surface area contributed by atoms with Gasteiger partial charge in [-0.1, -0.05) is 85.6 Å². The molecule has 1 fully saturated rings. The van der Waals surface area contributed by atoms with Crippen LogP contribution in [0.1, 0.15) is 71.1 Å². The van der Waals surface area contributed by atoms with Crippen LogP contribution in [-0.4, -0.2) is 116 Å². The number of aldehydes is 1. The van der Waals surface area contributed by atoms with Crippen molar-refractivity contribution in [3.8, 4) is 0 Å². The Morgan fingerprint density at radius 3 is 1.93 bits per heavy atom. The molecule has 3 aromatic carbocycles. The number of rotatable bonds is 9. The molecule has 0 spiro atoms. The van der Waals surface area contributed by atoms with Gasteiger partial charge in [0.1, 0.15) is 17.4 Å². The molecule has 3 aromatic rings. The minimum atomic E-state index is -1.20. The Hall–Kier alpha value is -5.27. The van der Waals surface area contributed by atoms with Crippen LogP contribution in [0.15, 0.2) is 78.9 Å². The van der Waals surface area contributed by atoms with Gasteiger partial charge in [-0.15, -0.1) is 0 Å². The first-order chi connectivity index (χ1) is 28.1. The third kappa shape index (κ3) is 16.9. The van der Waals surface area contributed by atoms with Crippen LogP contribution < -0.4 is 10.2 Å². The average Bonchev–Trinajstić information content (AvgIpc) is 3.22. The van der Waals surface area contributed by atoms with E-state index in [4.69, 9.17) is 16.3 Å². The monoisotopic (exact) mass is 837 g/mol. The molecule has 0 saturated carbocycles. The normalized spacial score (nSPS) is 14.8. The second-order valence-electron chi connectivity index (χ2n) is 14.7. The van der Waals surface area contributed by atoms with Crippen molar-refractivity contribution in [2.75, 3.05) is 52.3 Å². The summed E-state index contributed by atoms with van der Waals surface area (Å²) in [5, 5.41) is 3.13. The number of likely N-dealkylation sites (N-methyl/N-ethyl adjacent to an activating group) is 1. The van der Waals surface area contributed by atoms with Gasteiger partial charge in [0.15, 0.2) is 0 Å². The number of amides is 5. The van der Waals surface area contributed by atoms with Gasteiger partial charge < -0.3 is 34.3 Å². The van der Waals surface area contributed by atoms with Crippen molar-refractivity contribution >= 4 is 54.3 Å². The van der Waals surface area contributed by atoms with Gasteiger partial charge in [0.2, 0.25) is 24.6 Å². The molecule has 14 heteroatoms. The molecule has 0 aromatic heterocycles. The van der Waals surface area contributed by atoms with E-state index in [-0.39, 0.29) is 63.0 Å². The zero-order valence-electron chi connectivity index (χ0n) is 36.4. The molecular weight excluding hydrogens is 774 g/mol. The van der Waals surface area contributed by atoms with Crippen molar-refractivity contribution in [1.82, 2.24) is 20.0 Å². The fourth-order valence-electron chi connectivity index (χ4n) is 6.25. The van der Waals surface area contributed by atoms with E-state index in [0.717, 1.165) is 11.4 Å². The number of piperidine rings is 1. The second-order valence-corrected chi connectivity index (χ2v) is 15.1. The first kappa shape index (κ1) is 51.7. The molecule has 5 amide bonds. The summed E-state index contributed by atoms with van der Waals surface area (Å²) in [6, 6.07) is 25.0. The first-order valence-electron chi connectivity index (χ1n) is 19.7. The van der Waals surface area contributed by atoms with Crippen LogP contribution in [0.5, 0.6) is 0 Å². The van der Waals surface area contributed by atoms with Crippen molar-refractivity contribution in [3.63, 3.8) is 0 Å². The van der Waals surface area contributed by atoms with Crippen LogP contribution in [0.2, 0.25) is 5.02 Å². The molecule has 1 N–H and O–H groups in total. The van der Waals surface area contributed by atoms with Gasteiger partial charge in [-0.05, 0) is 89.3 Å². The SMILES string of the molecule is CC.CC1Cc2ccccc2CN1C(=O)OC(C)(C)C.CN(CC=O)C(=O)C1(N(C=O)c2ccccc2)CCN(C(=O)CNC=O)CC1.COC.Cc1ccc(Cl)cc1. The lowest BCUT2D eigenvalue weighted by Gasteiger charge is -2.47. The van der Waals surface area contributed by atoms with Gasteiger partial charge in [-0.25, -0.2) is 4.79 Å². The number of methoxy groups -OCH3 is 1. The maximum Gasteiger partial charge on any atom is 0.410 e. The molecule has 5 rings (SSSR count). The van der Waals surface area contributed by atoms with E-state index < -0.39 is 11.1 Å². The van der Waals surface area contributed by atoms with Crippen molar-refractivity contribution in [3.05, 3.63) is 101 Å². The Balaban J connectivity index is 0.000000475. The van der Waals surface area contributed by atoms with Gasteiger partial charge in [0.25, 0.3) is 0 Å². The predicted octanol–water partition coefficient (Wildman–Crippen LogP) is 6.72. The fraction of sp³-hybridized carbons (Fsp3) is 0.467. The zero-order valence-corrected chi connectivity index (χ0v) is 37.2. The third-order valence-corrected chi connectivity index (χ3v) is 9.37. The van der Waals surface area contributed by atoms with E-state index in [1.54, 1.807) is 49.5 Å². The van der Waals surface area contributed by atoms with Crippen LogP contribution in [0.4, 0.5) is 10.5 Å². The molecule has 0 aliphatic carbocycles. The molecule has 1 atom stereocenters. The number of nitrogens with zero attached hydrogens (tertiary/aromatic N) is 4. The number of hydrogen-bond donors (Lipinski definition) is 1. The lowest BCUT2D eigenvalue weighted by molar-refractivity contribution is -0.142. The first-order valence-corrected chi connectivity index (χ1v) is 20.1. The molecule has 13 nitrogen and oxygen atoms in total. The number of halogens is 1. The molecule has 1 unspecified atom stereocenters. The van der Waals surface area contributed by atoms with E-state index >= 15 is 0 Å². The summed E-state index contributed by atoms with van der Waals surface area (Å²) in [4.78, 5) is 76.9. The minimum Gasteiger partial charge on any atom is -0.444 e. The van der Waals surface area contributed by atoms with Gasteiger partial charge in [0.05, 0.1) is 13.1 Å². The summed E-state index contributed by atoms with van der Waals surface area (Å²) in [5.74, 6) is -0.611. The molecule has 2 aliphatic heterocycles. The van der Waals surface area contributed by atoms with E-state index in [1.807, 2.05) is 76.8 Å². The Labute approximate surface area is 355 Å². The lowest BCUT2D eigenvalue weighted by atomic mass is 9.83. The highest BCUT2D eigenvalue weighted by molar-refractivity contribution is 6.30. The number of carbonyl (C=O) groups is 6. The van der Waals surface area contributed by atoms with Crippen LogP contribution in [-0.2, 0) is 46.4 Å². The maximum atomic E-state index is 13.2. The van der Waals surface area contributed by atoms with Gasteiger partial charge in [-0.3, -0.25) is 24.1 Å². The number of ether oxygens (including phenoxy) is 2. The molecule has 1 saturated heterocycles. The van der Waals surface area contributed by atoms with Crippen LogP contribution in [0, 0.1) is 6.92 Å². The molecule has 59 heavy (non-hydrogen) atoms. The summed E-state index contributed by atoms with van der Waals surface area (Å²) in [5.41, 5.74) is 2.73. The number of likely N-dealkylation sites (tertiary alicyclic amines) is 1. The maximum absolute atomic E-state index is 13.2. The highest BCUT2D eigenvalue weighted by atomic mass is 35.5. The standard InChI is InChI=1S/C19H24N4O5.C15H21NO2.C7H7Cl.C2H6O.C2H6/c1-21(11-12-24)18(28)19(23(15-26)16-5-3-2-4-6-16)7-9-22(10-8-19)17(27)13-20-14-25;1-11-9-12-7-5-6-8-13(12)10-16(11)14(17)18-15(2,3)4;1-6-2-4-7(8)5-3-6;1-3-2;1-2/h2-6,12,14-15H,7-11,13H2,1H3,(H,20,25);5-8,11H,9-10H2,1-4H3;2-5H,1H3;1-2H3;1-2H3. The highest BCUT2D eigenvalue weighted by Crippen LogP contribution is 2.34. The number of nitrogens with one attached hydrogen (secondary N) is 1. The van der Waals surface area contributed by atoms with Crippen LogP contribution in [0.25, 0.3) is 0 Å². The minimum absolute atomic E-state index is 0.0893. The van der Waals surface area contributed by atoms with Crippen molar-refractivity contribution in [2.45, 2.75) is 91.5 Å². The number of carbonyl (C=O) groups excluding carboxylic acids is 6. The van der Waals surface area contributed by atoms with Crippen LogP contribution in [0.3, 0.4) is 0 Å². The van der Waals surface area contributed by atoms with Crippen LogP contribution >= 0.6 is 11.6 Å². The number of aryl methyl sites for hydroxylation is 1. The number of fused-ring (bicyclic) bond motifs is 1. The lowest BCUT2D eigenvalue weighted by Crippen LogP contribution is -2.64. The zero-order chi connectivity index (χ0) is 44.6. The predicted molar refractivity (Wildman–Crippen MR) is 233 cm³/mol. The van der Waals surface area contributed by atoms with E-state index in [9.17, 15) is 28.8 Å². The topological polar surface area (TPSA) is 146 Å². The third-order valence-electron chi connectivity index (χ3n) is 9.12. The summed E-state index contributed by atoms with van der Waals surface area (Å²) in [7, 11) is 4.76. The van der Waals surface area contributed by atoms with Crippen molar-refractivity contribution < 1.29 is 38.2 Å². The average molecular weight is 838 g/mol. The molecule has 0 radical (unpaired) electrons. The molecule has 2 aliphatic rings. The van der Waals surface area contributed by atoms with Gasteiger partial charge in [0, 0.05) is 57.7 Å². The van der Waals surface area contributed by atoms with E-state index in [0.29, 0.717) is 31.3 Å². The number of benzene rings is 3. The molecular formula is C45H64ClN5O8. The van der Waals surface area contributed by atoms with Crippen molar-refractivity contribution in [2.24, 2.45) is 0 Å². The summed E-state index contributed by atoms with van der Waals surface area (Å²) < 4.78 is 9.70. The van der Waals surface area contributed by atoms with E-state index in [1.165, 1.54) is 33.5 Å². The van der Waals surface area contributed by atoms with Crippen molar-refractivity contribution in [1.29, 1.82) is 0 Å². The second kappa shape index (κ2) is 26.7. The Morgan fingerprint density at radius 1 is 0.898 bits per heavy atom. The molecule has 0 bridgehead atoms. The summed E-state index contributed by atoms with van der Waals surface area (Å²) >= 11 is 5.61.